The van der Waals surface area contributed by atoms with E-state index in [9.17, 15) is 0 Å². The molecule has 4 aliphatic rings. The van der Waals surface area contributed by atoms with Crippen molar-refractivity contribution in [3.8, 4) is 22.3 Å². The second-order valence-electron chi connectivity index (χ2n) is 22.6. The Morgan fingerprint density at radius 3 is 1.89 bits per heavy atom. The average molecular weight is 906 g/mol. The molecule has 0 unspecified atom stereocenters. The smallest absolute Gasteiger partial charge is 0.333 e. The van der Waals surface area contributed by atoms with Crippen molar-refractivity contribution < 1.29 is 0 Å². The second-order valence-corrected chi connectivity index (χ2v) is 22.6. The van der Waals surface area contributed by atoms with Crippen molar-refractivity contribution in [3.05, 3.63) is 215 Å². The Bertz CT molecular complexity index is 3580. The van der Waals surface area contributed by atoms with Crippen LogP contribution in [-0.4, -0.2) is 6.85 Å². The van der Waals surface area contributed by atoms with Gasteiger partial charge in [-0.1, -0.05) is 156 Å². The molecule has 3 aliphatic heterocycles. The van der Waals surface area contributed by atoms with E-state index in [4.69, 9.17) is 0 Å². The normalized spacial score (nSPS) is 16.2. The minimum atomic E-state index is -0.280. The van der Waals surface area contributed by atoms with E-state index < -0.39 is 0 Å². The zero-order valence-corrected chi connectivity index (χ0v) is 42.1. The quantitative estimate of drug-likeness (QED) is 0.159. The number of rotatable bonds is 5. The molecule has 0 amide bonds. The van der Waals surface area contributed by atoms with Gasteiger partial charge in [0.2, 0.25) is 0 Å². The Morgan fingerprint density at radius 2 is 1.17 bits per heavy atom. The van der Waals surface area contributed by atoms with Crippen LogP contribution in [0.15, 0.2) is 176 Å². The molecule has 0 radical (unpaired) electrons. The SMILES string of the molecule is Cc1cc(C)c(-c2cc3c4c(c2)N2c5ccc6ccccc6c5C(C)(C)c5cccc(c52)B4N(c2ccc4c(c2)C(C)(C)CCC4(C)C)c2cc(N(c4ccccc4)c4ccccc4)ccc2-3)c(C)c1. The summed E-state index contributed by atoms with van der Waals surface area (Å²) in [4.78, 5) is 7.84. The van der Waals surface area contributed by atoms with Crippen molar-refractivity contribution in [2.24, 2.45) is 0 Å². The molecule has 0 aromatic heterocycles. The molecule has 0 saturated heterocycles. The number of anilines is 8. The Balaban J connectivity index is 1.17. The van der Waals surface area contributed by atoms with Gasteiger partial charge < -0.3 is 14.6 Å². The number of para-hydroxylation sites is 3. The Morgan fingerprint density at radius 1 is 0.500 bits per heavy atom. The number of aryl methyl sites for hydroxylation is 3. The first-order chi connectivity index (χ1) is 33.7. The molecule has 3 nitrogen and oxygen atoms in total. The molecule has 0 saturated carbocycles. The van der Waals surface area contributed by atoms with E-state index in [1.165, 1.54) is 118 Å². The highest BCUT2D eigenvalue weighted by Crippen LogP contribution is 2.58. The number of hydrogen-bond acceptors (Lipinski definition) is 3. The maximum atomic E-state index is 2.74. The molecule has 3 heterocycles. The molecule has 0 atom stereocenters. The third-order valence-corrected chi connectivity index (χ3v) is 16.9. The molecule has 0 fully saturated rings. The van der Waals surface area contributed by atoms with Gasteiger partial charge in [0.05, 0.1) is 5.69 Å². The van der Waals surface area contributed by atoms with Gasteiger partial charge in [-0.05, 0) is 183 Å². The van der Waals surface area contributed by atoms with Crippen molar-refractivity contribution in [1.82, 2.24) is 0 Å². The Labute approximate surface area is 415 Å². The van der Waals surface area contributed by atoms with Crippen LogP contribution in [0.25, 0.3) is 33.0 Å². The molecule has 1 aliphatic carbocycles. The van der Waals surface area contributed by atoms with E-state index in [2.05, 4.69) is 253 Å². The van der Waals surface area contributed by atoms with Crippen molar-refractivity contribution in [3.63, 3.8) is 0 Å². The van der Waals surface area contributed by atoms with Crippen molar-refractivity contribution in [2.75, 3.05) is 14.6 Å². The van der Waals surface area contributed by atoms with E-state index in [-0.39, 0.29) is 23.1 Å². The minimum absolute atomic E-state index is 0.0340. The summed E-state index contributed by atoms with van der Waals surface area (Å²) in [5.74, 6) is 0. The zero-order chi connectivity index (χ0) is 48.0. The van der Waals surface area contributed by atoms with Gasteiger partial charge in [0, 0.05) is 50.8 Å². The van der Waals surface area contributed by atoms with Crippen LogP contribution in [0.3, 0.4) is 0 Å². The molecule has 0 N–H and O–H groups in total. The van der Waals surface area contributed by atoms with Crippen molar-refractivity contribution in [1.29, 1.82) is 0 Å². The van der Waals surface area contributed by atoms with Crippen LogP contribution >= 0.6 is 0 Å². The van der Waals surface area contributed by atoms with Gasteiger partial charge in [-0.25, -0.2) is 0 Å². The summed E-state index contributed by atoms with van der Waals surface area (Å²) in [6, 6.07) is 67.3. The van der Waals surface area contributed by atoms with Crippen LogP contribution < -0.4 is 25.5 Å². The topological polar surface area (TPSA) is 9.72 Å². The zero-order valence-electron chi connectivity index (χ0n) is 42.1. The van der Waals surface area contributed by atoms with E-state index in [1.54, 1.807) is 0 Å². The lowest BCUT2D eigenvalue weighted by Gasteiger charge is -2.51. The number of benzene rings is 9. The fraction of sp³-hybridized carbons (Fsp3) is 0.212. The molecule has 4 heteroatoms. The van der Waals surface area contributed by atoms with Crippen molar-refractivity contribution >= 4 is 74.0 Å². The molecule has 9 aromatic rings. The lowest BCUT2D eigenvalue weighted by Crippen LogP contribution is -2.62. The first kappa shape index (κ1) is 42.8. The first-order valence-corrected chi connectivity index (χ1v) is 25.4. The van der Waals surface area contributed by atoms with Gasteiger partial charge in [-0.3, -0.25) is 0 Å². The summed E-state index contributed by atoms with van der Waals surface area (Å²) in [5.41, 5.74) is 26.9. The Hall–Kier alpha value is -7.30. The van der Waals surface area contributed by atoms with Gasteiger partial charge in [-0.2, -0.15) is 0 Å². The van der Waals surface area contributed by atoms with Crippen LogP contribution in [-0.2, 0) is 16.2 Å². The molecular weight excluding hydrogens is 846 g/mol. The summed E-state index contributed by atoms with van der Waals surface area (Å²) in [7, 11) is 0. The molecule has 342 valence electrons. The van der Waals surface area contributed by atoms with Crippen LogP contribution in [0, 0.1) is 20.8 Å². The van der Waals surface area contributed by atoms with Gasteiger partial charge in [0.25, 0.3) is 0 Å². The molecule has 70 heavy (non-hydrogen) atoms. The Kier molecular flexibility index (Phi) is 9.23. The first-order valence-electron chi connectivity index (χ1n) is 25.4. The van der Waals surface area contributed by atoms with Gasteiger partial charge in [0.1, 0.15) is 0 Å². The summed E-state index contributed by atoms with van der Waals surface area (Å²) in [5, 5.41) is 2.60. The minimum Gasteiger partial charge on any atom is -0.376 e. The van der Waals surface area contributed by atoms with E-state index >= 15 is 0 Å². The lowest BCUT2D eigenvalue weighted by molar-refractivity contribution is 0.332. The van der Waals surface area contributed by atoms with Crippen LogP contribution in [0.5, 0.6) is 0 Å². The van der Waals surface area contributed by atoms with Crippen LogP contribution in [0.4, 0.5) is 45.5 Å². The van der Waals surface area contributed by atoms with Gasteiger partial charge in [0.15, 0.2) is 0 Å². The predicted molar refractivity (Wildman–Crippen MR) is 299 cm³/mol. The molecule has 0 spiro atoms. The average Bonchev–Trinajstić information content (AvgIpc) is 3.35. The van der Waals surface area contributed by atoms with Gasteiger partial charge >= 0.3 is 6.85 Å². The monoisotopic (exact) mass is 905 g/mol. The van der Waals surface area contributed by atoms with Crippen LogP contribution in [0.1, 0.15) is 93.3 Å². The molecular formula is C66H60BN3. The molecule has 0 bridgehead atoms. The highest BCUT2D eigenvalue weighted by atomic mass is 15.2. The van der Waals surface area contributed by atoms with E-state index in [1.807, 2.05) is 0 Å². The standard InChI is InChI=1S/C66H60BN3/c1-41-35-42(2)60(43(3)36-41)45-37-52-51-30-28-48(68(46-20-12-10-13-21-46)47-22-14-11-15-23-47)40-58(51)70(49-29-31-53-55(39-49)65(6,7)34-33-64(53,4)5)67-56-26-18-25-54-63(56)69(59(38-45)62(52)67)57-32-27-44-19-16-17-24-50(44)61(57)66(54,8)9/h10-32,35-40H,33-34H2,1-9H3. The summed E-state index contributed by atoms with van der Waals surface area (Å²) in [6.45, 7) is 21.4. The predicted octanol–water partition coefficient (Wildman–Crippen LogP) is 16.6. The maximum Gasteiger partial charge on any atom is 0.333 e. The van der Waals surface area contributed by atoms with Gasteiger partial charge in [-0.15, -0.1) is 0 Å². The third-order valence-electron chi connectivity index (χ3n) is 16.9. The largest absolute Gasteiger partial charge is 0.376 e. The summed E-state index contributed by atoms with van der Waals surface area (Å²) < 4.78 is 0. The van der Waals surface area contributed by atoms with Crippen molar-refractivity contribution in [2.45, 2.75) is 91.4 Å². The number of nitrogens with zero attached hydrogens (tertiary/aromatic N) is 3. The fourth-order valence-electron chi connectivity index (χ4n) is 13.5. The highest BCUT2D eigenvalue weighted by Gasteiger charge is 2.50. The molecule has 9 aromatic carbocycles. The third kappa shape index (κ3) is 6.14. The second kappa shape index (κ2) is 15.1. The molecule has 13 rings (SSSR count). The van der Waals surface area contributed by atoms with E-state index in [0.717, 1.165) is 23.5 Å². The van der Waals surface area contributed by atoms with E-state index in [0.29, 0.717) is 0 Å². The lowest BCUT2D eigenvalue weighted by atomic mass is 9.42. The summed E-state index contributed by atoms with van der Waals surface area (Å²) in [6.07, 6.45) is 2.33. The fourth-order valence-corrected chi connectivity index (χ4v) is 13.5. The van der Waals surface area contributed by atoms with Crippen LogP contribution in [0.2, 0.25) is 0 Å². The highest BCUT2D eigenvalue weighted by molar-refractivity contribution is 6.93. The number of fused-ring (bicyclic) bond motifs is 9. The summed E-state index contributed by atoms with van der Waals surface area (Å²) >= 11 is 0. The maximum absolute atomic E-state index is 2.74. The number of hydrogen-bond donors (Lipinski definition) is 0.